The molecule has 7 nitrogen and oxygen atoms in total. The zero-order valence-electron chi connectivity index (χ0n) is 20.7. The van der Waals surface area contributed by atoms with E-state index < -0.39 is 0 Å². The Kier molecular flexibility index (Phi) is 8.56. The van der Waals surface area contributed by atoms with Gasteiger partial charge in [0, 0.05) is 26.1 Å². The minimum absolute atomic E-state index is 0.0151. The lowest BCUT2D eigenvalue weighted by atomic mass is 10.1. The maximum absolute atomic E-state index is 13.4. The number of rotatable bonds is 8. The molecular weight excluding hydrogens is 600 g/mol. The van der Waals surface area contributed by atoms with Gasteiger partial charge in [-0.1, -0.05) is 63.9 Å². The molecule has 0 fully saturated rings. The monoisotopic (exact) mass is 624 g/mol. The Balaban J connectivity index is 1.64. The molecule has 0 bridgehead atoms. The number of nitrogens with one attached hydrogen (secondary N) is 1. The summed E-state index contributed by atoms with van der Waals surface area (Å²) in [6.07, 6.45) is 2.35. The van der Waals surface area contributed by atoms with Crippen LogP contribution in [0.3, 0.4) is 0 Å². The van der Waals surface area contributed by atoms with E-state index >= 15 is 0 Å². The number of hydrogen-bond acceptors (Lipinski definition) is 5. The van der Waals surface area contributed by atoms with Gasteiger partial charge in [0.15, 0.2) is 6.61 Å². The van der Waals surface area contributed by atoms with Crippen molar-refractivity contribution < 1.29 is 9.53 Å². The molecule has 1 heterocycles. The van der Waals surface area contributed by atoms with E-state index in [0.29, 0.717) is 28.0 Å². The second kappa shape index (κ2) is 11.8. The van der Waals surface area contributed by atoms with Crippen LogP contribution in [-0.2, 0) is 4.79 Å². The molecule has 3 aromatic carbocycles. The van der Waals surface area contributed by atoms with Crippen LogP contribution in [0.2, 0.25) is 0 Å². The van der Waals surface area contributed by atoms with Crippen molar-refractivity contribution in [3.8, 4) is 5.75 Å². The summed E-state index contributed by atoms with van der Waals surface area (Å²) in [5.74, 6) is 0.774. The van der Waals surface area contributed by atoms with Crippen molar-refractivity contribution in [1.82, 2.24) is 9.66 Å². The zero-order valence-corrected chi connectivity index (χ0v) is 23.8. The quantitative estimate of drug-likeness (QED) is 0.222. The van der Waals surface area contributed by atoms with Gasteiger partial charge in [0.05, 0.1) is 17.1 Å². The minimum Gasteiger partial charge on any atom is -0.483 e. The third kappa shape index (κ3) is 6.34. The Bertz CT molecular complexity index is 1550. The molecule has 0 spiro atoms. The Morgan fingerprint density at radius 3 is 2.62 bits per heavy atom. The van der Waals surface area contributed by atoms with Crippen LogP contribution in [0.5, 0.6) is 5.75 Å². The standard InChI is InChI=1S/C28H26Br2N4O3/c1-4-17(2)27-33-24-11-9-21(30)14-22(24)28(36)34(27)31-15-19-13-20(29)10-12-25(19)37-16-26(35)32-23-8-6-5-7-18(23)3/h5-15,17H,4,16H2,1-3H3,(H,32,35)/t17-/m1/s1. The molecule has 0 radical (unpaired) electrons. The molecule has 0 saturated carbocycles. The van der Waals surface area contributed by atoms with Crippen molar-refractivity contribution in [2.75, 3.05) is 11.9 Å². The summed E-state index contributed by atoms with van der Waals surface area (Å²) < 4.78 is 8.78. The van der Waals surface area contributed by atoms with Gasteiger partial charge >= 0.3 is 0 Å². The van der Waals surface area contributed by atoms with Crippen molar-refractivity contribution >= 4 is 60.6 Å². The molecule has 37 heavy (non-hydrogen) atoms. The molecule has 0 saturated heterocycles. The number of halogens is 2. The highest BCUT2D eigenvalue weighted by Crippen LogP contribution is 2.24. The van der Waals surface area contributed by atoms with Crippen LogP contribution < -0.4 is 15.6 Å². The summed E-state index contributed by atoms with van der Waals surface area (Å²) >= 11 is 6.91. The first-order chi connectivity index (χ1) is 17.8. The third-order valence-corrected chi connectivity index (χ3v) is 6.94. The molecule has 0 unspecified atom stereocenters. The Morgan fingerprint density at radius 2 is 1.86 bits per heavy atom. The fourth-order valence-corrected chi connectivity index (χ4v) is 4.43. The Labute approximate surface area is 231 Å². The number of para-hydroxylation sites is 1. The van der Waals surface area contributed by atoms with Crippen molar-refractivity contribution in [3.63, 3.8) is 0 Å². The summed E-state index contributed by atoms with van der Waals surface area (Å²) in [5.41, 5.74) is 2.68. The van der Waals surface area contributed by atoms with E-state index in [0.717, 1.165) is 26.6 Å². The molecule has 190 valence electrons. The van der Waals surface area contributed by atoms with E-state index in [1.807, 2.05) is 69.3 Å². The van der Waals surface area contributed by atoms with Crippen molar-refractivity contribution in [1.29, 1.82) is 0 Å². The van der Waals surface area contributed by atoms with Gasteiger partial charge < -0.3 is 10.1 Å². The van der Waals surface area contributed by atoms with Crippen molar-refractivity contribution in [2.45, 2.75) is 33.1 Å². The number of benzene rings is 3. The highest BCUT2D eigenvalue weighted by atomic mass is 79.9. The maximum atomic E-state index is 13.4. The van der Waals surface area contributed by atoms with Gasteiger partial charge in [-0.25, -0.2) is 4.98 Å². The zero-order chi connectivity index (χ0) is 26.5. The number of amides is 1. The fourth-order valence-electron chi connectivity index (χ4n) is 3.69. The van der Waals surface area contributed by atoms with Gasteiger partial charge in [-0.3, -0.25) is 9.59 Å². The SMILES string of the molecule is CC[C@@H](C)c1nc2ccc(Br)cc2c(=O)n1N=Cc1cc(Br)ccc1OCC(=O)Nc1ccccc1C. The predicted molar refractivity (Wildman–Crippen MR) is 155 cm³/mol. The number of aryl methyl sites for hydroxylation is 1. The fraction of sp³-hybridized carbons (Fsp3) is 0.214. The number of fused-ring (bicyclic) bond motifs is 1. The minimum atomic E-state index is -0.278. The molecule has 4 aromatic rings. The normalized spacial score (nSPS) is 12.1. The van der Waals surface area contributed by atoms with Crippen LogP contribution in [0.15, 0.2) is 79.5 Å². The molecule has 9 heteroatoms. The number of carbonyl (C=O) groups is 1. The molecule has 1 atom stereocenters. The van der Waals surface area contributed by atoms with E-state index in [1.165, 1.54) is 4.68 Å². The lowest BCUT2D eigenvalue weighted by Crippen LogP contribution is -2.24. The molecule has 0 aliphatic rings. The van der Waals surface area contributed by atoms with Crippen LogP contribution in [0.4, 0.5) is 5.69 Å². The topological polar surface area (TPSA) is 85.6 Å². The van der Waals surface area contributed by atoms with Crippen LogP contribution in [0, 0.1) is 6.92 Å². The number of ether oxygens (including phenoxy) is 1. The number of aromatic nitrogens is 2. The Morgan fingerprint density at radius 1 is 1.14 bits per heavy atom. The molecule has 4 rings (SSSR count). The molecule has 1 N–H and O–H groups in total. The van der Waals surface area contributed by atoms with Gasteiger partial charge in [0.2, 0.25) is 0 Å². The second-order valence-corrected chi connectivity index (χ2v) is 10.5. The smallest absolute Gasteiger partial charge is 0.282 e. The molecular formula is C28H26Br2N4O3. The number of nitrogens with zero attached hydrogens (tertiary/aromatic N) is 3. The lowest BCUT2D eigenvalue weighted by Gasteiger charge is -2.14. The summed E-state index contributed by atoms with van der Waals surface area (Å²) in [4.78, 5) is 30.7. The first-order valence-corrected chi connectivity index (χ1v) is 13.4. The van der Waals surface area contributed by atoms with Crippen LogP contribution in [0.1, 0.15) is 43.1 Å². The second-order valence-electron chi connectivity index (χ2n) is 8.64. The lowest BCUT2D eigenvalue weighted by molar-refractivity contribution is -0.118. The third-order valence-electron chi connectivity index (χ3n) is 5.95. The van der Waals surface area contributed by atoms with Crippen LogP contribution >= 0.6 is 31.9 Å². The molecule has 1 amide bonds. The highest BCUT2D eigenvalue weighted by molar-refractivity contribution is 9.10. The van der Waals surface area contributed by atoms with Crippen LogP contribution in [-0.4, -0.2) is 28.4 Å². The van der Waals surface area contributed by atoms with E-state index in [1.54, 1.807) is 18.3 Å². The van der Waals surface area contributed by atoms with E-state index in [-0.39, 0.29) is 24.0 Å². The number of hydrogen-bond donors (Lipinski definition) is 1. The summed E-state index contributed by atoms with van der Waals surface area (Å²) in [6.45, 7) is 5.80. The first kappa shape index (κ1) is 26.8. The summed E-state index contributed by atoms with van der Waals surface area (Å²) in [5, 5.41) is 7.86. The largest absolute Gasteiger partial charge is 0.483 e. The first-order valence-electron chi connectivity index (χ1n) is 11.8. The Hall–Kier alpha value is -3.30. The summed E-state index contributed by atoms with van der Waals surface area (Å²) in [7, 11) is 0. The maximum Gasteiger partial charge on any atom is 0.282 e. The van der Waals surface area contributed by atoms with Gasteiger partial charge in [-0.15, -0.1) is 0 Å². The summed E-state index contributed by atoms with van der Waals surface area (Å²) in [6, 6.07) is 18.4. The number of carbonyl (C=O) groups excluding carboxylic acids is 1. The average Bonchev–Trinajstić information content (AvgIpc) is 2.88. The van der Waals surface area contributed by atoms with Crippen LogP contribution in [0.25, 0.3) is 10.9 Å². The van der Waals surface area contributed by atoms with Gasteiger partial charge in [0.1, 0.15) is 11.6 Å². The predicted octanol–water partition coefficient (Wildman–Crippen LogP) is 6.64. The van der Waals surface area contributed by atoms with Gasteiger partial charge in [-0.05, 0) is 61.4 Å². The van der Waals surface area contributed by atoms with E-state index in [4.69, 9.17) is 9.72 Å². The molecule has 0 aliphatic heterocycles. The van der Waals surface area contributed by atoms with E-state index in [9.17, 15) is 9.59 Å². The highest BCUT2D eigenvalue weighted by Gasteiger charge is 2.16. The van der Waals surface area contributed by atoms with Gasteiger partial charge in [0.25, 0.3) is 11.5 Å². The average molecular weight is 626 g/mol. The van der Waals surface area contributed by atoms with Crippen molar-refractivity contribution in [3.05, 3.63) is 96.9 Å². The molecule has 0 aliphatic carbocycles. The van der Waals surface area contributed by atoms with E-state index in [2.05, 4.69) is 42.3 Å². The number of anilines is 1. The van der Waals surface area contributed by atoms with Gasteiger partial charge in [-0.2, -0.15) is 9.78 Å². The van der Waals surface area contributed by atoms with Crippen molar-refractivity contribution in [2.24, 2.45) is 5.10 Å². The molecule has 1 aromatic heterocycles.